The van der Waals surface area contributed by atoms with Crippen LogP contribution in [-0.2, 0) is 10.0 Å². The summed E-state index contributed by atoms with van der Waals surface area (Å²) in [5.41, 5.74) is 0.624. The van der Waals surface area contributed by atoms with Crippen LogP contribution < -0.4 is 11.2 Å². The molecule has 0 saturated carbocycles. The highest BCUT2D eigenvalue weighted by Crippen LogP contribution is 2.30. The Balaban J connectivity index is 1.58. The maximum Gasteiger partial charge on any atom is 0.325 e. The Morgan fingerprint density at radius 1 is 0.800 bits per heavy atom. The van der Waals surface area contributed by atoms with E-state index in [0.717, 1.165) is 17.3 Å². The number of aromatic amines is 2. The molecule has 1 saturated heterocycles. The Kier molecular flexibility index (Phi) is 5.67. The van der Waals surface area contributed by atoms with Crippen LogP contribution in [0.5, 0.6) is 0 Å². The van der Waals surface area contributed by atoms with Gasteiger partial charge in [0.15, 0.2) is 4.90 Å². The minimum atomic E-state index is -4.00. The number of benzene rings is 2. The second-order valence-electron chi connectivity index (χ2n) is 7.10. The van der Waals surface area contributed by atoms with Crippen molar-refractivity contribution in [3.63, 3.8) is 0 Å². The Morgan fingerprint density at radius 3 is 1.83 bits per heavy atom. The van der Waals surface area contributed by atoms with Crippen LogP contribution in [0.4, 0.5) is 0 Å². The van der Waals surface area contributed by atoms with Crippen LogP contribution in [0.3, 0.4) is 0 Å². The van der Waals surface area contributed by atoms with E-state index >= 15 is 0 Å². The van der Waals surface area contributed by atoms with Crippen LogP contribution >= 0.6 is 0 Å². The molecule has 156 valence electrons. The summed E-state index contributed by atoms with van der Waals surface area (Å²) in [5.74, 6) is 0. The number of hydrogen-bond donors (Lipinski definition) is 2. The Hall–Kier alpha value is -3.01. The van der Waals surface area contributed by atoms with Crippen molar-refractivity contribution in [2.24, 2.45) is 0 Å². The maximum atomic E-state index is 12.9. The molecule has 2 heterocycles. The molecule has 1 aromatic heterocycles. The van der Waals surface area contributed by atoms with Crippen molar-refractivity contribution in [2.45, 2.75) is 10.9 Å². The average molecular weight is 426 g/mol. The molecule has 0 bridgehead atoms. The molecular formula is C21H22N4O4S. The Labute approximate surface area is 173 Å². The summed E-state index contributed by atoms with van der Waals surface area (Å²) in [6, 6.07) is 20.2. The maximum absolute atomic E-state index is 12.9. The second-order valence-corrected chi connectivity index (χ2v) is 9.01. The van der Waals surface area contributed by atoms with Gasteiger partial charge in [0.25, 0.3) is 5.56 Å². The molecule has 0 spiro atoms. The van der Waals surface area contributed by atoms with Crippen molar-refractivity contribution >= 4 is 10.0 Å². The SMILES string of the molecule is O=c1[nH]cc(S(=O)(=O)N2CCN(C(c3ccccc3)c3ccccc3)CC2)c(=O)[nH]1. The summed E-state index contributed by atoms with van der Waals surface area (Å²) in [7, 11) is -4.00. The molecule has 2 N–H and O–H groups in total. The third-order valence-corrected chi connectivity index (χ3v) is 7.18. The lowest BCUT2D eigenvalue weighted by Crippen LogP contribution is -2.50. The normalized spacial score (nSPS) is 16.0. The summed E-state index contributed by atoms with van der Waals surface area (Å²) < 4.78 is 27.1. The van der Waals surface area contributed by atoms with E-state index in [9.17, 15) is 18.0 Å². The summed E-state index contributed by atoms with van der Waals surface area (Å²) in [5, 5.41) is 0. The van der Waals surface area contributed by atoms with Gasteiger partial charge in [0.2, 0.25) is 10.0 Å². The molecule has 1 fully saturated rings. The zero-order valence-corrected chi connectivity index (χ0v) is 17.0. The molecule has 0 aliphatic carbocycles. The Morgan fingerprint density at radius 2 is 1.33 bits per heavy atom. The van der Waals surface area contributed by atoms with E-state index in [-0.39, 0.29) is 19.1 Å². The summed E-state index contributed by atoms with van der Waals surface area (Å²) in [4.78, 5) is 29.2. The fourth-order valence-corrected chi connectivity index (χ4v) is 5.23. The molecule has 30 heavy (non-hydrogen) atoms. The van der Waals surface area contributed by atoms with E-state index in [0.29, 0.717) is 13.1 Å². The second kappa shape index (κ2) is 8.39. The standard InChI is InChI=1S/C21H22N4O4S/c26-20-18(15-22-21(27)23-20)30(28,29)25-13-11-24(12-14-25)19(16-7-3-1-4-8-16)17-9-5-2-6-10-17/h1-10,15,19H,11-14H2,(H2,22,23,26,27). The molecule has 0 unspecified atom stereocenters. The summed E-state index contributed by atoms with van der Waals surface area (Å²) in [6.45, 7) is 1.51. The number of H-pyrrole nitrogens is 2. The number of rotatable bonds is 5. The number of sulfonamides is 1. The van der Waals surface area contributed by atoms with Crippen molar-refractivity contribution < 1.29 is 8.42 Å². The van der Waals surface area contributed by atoms with Crippen LogP contribution in [0.2, 0.25) is 0 Å². The van der Waals surface area contributed by atoms with E-state index in [2.05, 4.69) is 34.1 Å². The molecule has 9 heteroatoms. The van der Waals surface area contributed by atoms with Crippen molar-refractivity contribution in [1.29, 1.82) is 0 Å². The molecular weight excluding hydrogens is 404 g/mol. The zero-order valence-electron chi connectivity index (χ0n) is 16.2. The van der Waals surface area contributed by atoms with E-state index in [1.807, 2.05) is 41.4 Å². The fraction of sp³-hybridized carbons (Fsp3) is 0.238. The van der Waals surface area contributed by atoms with Gasteiger partial charge in [0.1, 0.15) is 0 Å². The van der Waals surface area contributed by atoms with Gasteiger partial charge in [0.05, 0.1) is 6.04 Å². The molecule has 2 aromatic carbocycles. The first-order chi connectivity index (χ1) is 14.5. The topological polar surface area (TPSA) is 106 Å². The minimum Gasteiger partial charge on any atom is -0.313 e. The third-order valence-electron chi connectivity index (χ3n) is 5.27. The van der Waals surface area contributed by atoms with E-state index in [1.54, 1.807) is 0 Å². The monoisotopic (exact) mass is 426 g/mol. The lowest BCUT2D eigenvalue weighted by molar-refractivity contribution is 0.155. The zero-order chi connectivity index (χ0) is 21.1. The van der Waals surface area contributed by atoms with Gasteiger partial charge in [-0.1, -0.05) is 60.7 Å². The highest BCUT2D eigenvalue weighted by atomic mass is 32.2. The van der Waals surface area contributed by atoms with Crippen LogP contribution in [0, 0.1) is 0 Å². The van der Waals surface area contributed by atoms with Gasteiger partial charge in [-0.2, -0.15) is 4.31 Å². The highest BCUT2D eigenvalue weighted by molar-refractivity contribution is 7.89. The van der Waals surface area contributed by atoms with Gasteiger partial charge in [-0.25, -0.2) is 13.2 Å². The van der Waals surface area contributed by atoms with Gasteiger partial charge < -0.3 is 4.98 Å². The molecule has 0 radical (unpaired) electrons. The minimum absolute atomic E-state index is 0.00809. The lowest BCUT2D eigenvalue weighted by Gasteiger charge is -2.39. The van der Waals surface area contributed by atoms with E-state index in [4.69, 9.17) is 0 Å². The van der Waals surface area contributed by atoms with Crippen LogP contribution in [-0.4, -0.2) is 53.8 Å². The molecule has 8 nitrogen and oxygen atoms in total. The van der Waals surface area contributed by atoms with Crippen molar-refractivity contribution in [3.05, 3.63) is 98.8 Å². The first-order valence-corrected chi connectivity index (χ1v) is 11.1. The van der Waals surface area contributed by atoms with Crippen LogP contribution in [0.25, 0.3) is 0 Å². The molecule has 1 aliphatic rings. The van der Waals surface area contributed by atoms with Gasteiger partial charge in [-0.05, 0) is 11.1 Å². The third kappa shape index (κ3) is 4.00. The fourth-order valence-electron chi connectivity index (χ4n) is 3.82. The summed E-state index contributed by atoms with van der Waals surface area (Å²) in [6.07, 6.45) is 0.958. The smallest absolute Gasteiger partial charge is 0.313 e. The van der Waals surface area contributed by atoms with Gasteiger partial charge in [0, 0.05) is 32.4 Å². The number of nitrogens with one attached hydrogen (secondary N) is 2. The molecule has 3 aromatic rings. The predicted octanol–water partition coefficient (Wildman–Crippen LogP) is 1.16. The van der Waals surface area contributed by atoms with Crippen molar-refractivity contribution in [3.8, 4) is 0 Å². The highest BCUT2D eigenvalue weighted by Gasteiger charge is 2.33. The van der Waals surface area contributed by atoms with Gasteiger partial charge in [-0.3, -0.25) is 14.7 Å². The lowest BCUT2D eigenvalue weighted by atomic mass is 9.96. The van der Waals surface area contributed by atoms with Gasteiger partial charge in [-0.15, -0.1) is 0 Å². The van der Waals surface area contributed by atoms with E-state index < -0.39 is 26.2 Å². The molecule has 4 rings (SSSR count). The molecule has 1 aliphatic heterocycles. The van der Waals surface area contributed by atoms with Crippen molar-refractivity contribution in [2.75, 3.05) is 26.2 Å². The largest absolute Gasteiger partial charge is 0.325 e. The number of aromatic nitrogens is 2. The quantitative estimate of drug-likeness (QED) is 0.637. The number of piperazine rings is 1. The molecule has 0 atom stereocenters. The summed E-state index contributed by atoms with van der Waals surface area (Å²) >= 11 is 0. The predicted molar refractivity (Wildman–Crippen MR) is 113 cm³/mol. The average Bonchev–Trinajstić information content (AvgIpc) is 2.76. The Bertz CT molecular complexity index is 1180. The van der Waals surface area contributed by atoms with Crippen LogP contribution in [0.1, 0.15) is 17.2 Å². The first kappa shape index (κ1) is 20.3. The van der Waals surface area contributed by atoms with Crippen molar-refractivity contribution in [1.82, 2.24) is 19.2 Å². The number of nitrogens with zero attached hydrogens (tertiary/aromatic N) is 2. The first-order valence-electron chi connectivity index (χ1n) is 9.63. The number of hydrogen-bond acceptors (Lipinski definition) is 5. The van der Waals surface area contributed by atoms with Crippen LogP contribution in [0.15, 0.2) is 81.3 Å². The van der Waals surface area contributed by atoms with E-state index in [1.165, 1.54) is 4.31 Å². The molecule has 0 amide bonds. The van der Waals surface area contributed by atoms with Gasteiger partial charge >= 0.3 is 5.69 Å².